The van der Waals surface area contributed by atoms with Gasteiger partial charge in [0, 0.05) is 17.9 Å². The summed E-state index contributed by atoms with van der Waals surface area (Å²) in [5.74, 6) is -0.879. The molecule has 8 unspecified atom stereocenters. The van der Waals surface area contributed by atoms with Gasteiger partial charge in [-0.15, -0.1) is 0 Å². The molecule has 1 spiro atoms. The Balaban J connectivity index is 1.87. The molecule has 33 heavy (non-hydrogen) atoms. The van der Waals surface area contributed by atoms with Gasteiger partial charge in [0.1, 0.15) is 0 Å². The zero-order chi connectivity index (χ0) is 24.0. The van der Waals surface area contributed by atoms with Gasteiger partial charge < -0.3 is 20.6 Å². The van der Waals surface area contributed by atoms with Gasteiger partial charge in [-0.25, -0.2) is 0 Å². The molecule has 2 aliphatic carbocycles. The van der Waals surface area contributed by atoms with Gasteiger partial charge in [-0.1, -0.05) is 67.1 Å². The summed E-state index contributed by atoms with van der Waals surface area (Å²) in [5, 5.41) is 37.0. The van der Waals surface area contributed by atoms with Crippen LogP contribution in [-0.4, -0.2) is 45.1 Å². The molecule has 3 aliphatic rings. The maximum absolute atomic E-state index is 13.8. The third kappa shape index (κ3) is 4.11. The Morgan fingerprint density at radius 3 is 2.48 bits per heavy atom. The van der Waals surface area contributed by atoms with E-state index in [0.29, 0.717) is 12.8 Å². The van der Waals surface area contributed by atoms with Crippen molar-refractivity contribution in [3.05, 3.63) is 71.3 Å². The topological polar surface area (TPSA) is 89.8 Å². The molecule has 1 saturated heterocycles. The molecular formula is C28H37NO4. The van der Waals surface area contributed by atoms with Crippen molar-refractivity contribution < 1.29 is 20.1 Å². The lowest BCUT2D eigenvalue weighted by atomic mass is 9.54. The van der Waals surface area contributed by atoms with E-state index in [4.69, 9.17) is 0 Å². The highest BCUT2D eigenvalue weighted by molar-refractivity contribution is 5.89. The van der Waals surface area contributed by atoms with Crippen LogP contribution in [0.2, 0.25) is 0 Å². The Kier molecular flexibility index (Phi) is 6.43. The number of carbonyl (C=O) groups excluding carboxylic acids is 1. The second-order valence-corrected chi connectivity index (χ2v) is 10.7. The molecule has 1 aliphatic heterocycles. The highest BCUT2D eigenvalue weighted by Crippen LogP contribution is 2.56. The smallest absolute Gasteiger partial charge is 0.230 e. The van der Waals surface area contributed by atoms with Gasteiger partial charge in [0.25, 0.3) is 0 Å². The predicted octanol–water partition coefficient (Wildman–Crippen LogP) is 3.31. The second kappa shape index (κ2) is 8.86. The van der Waals surface area contributed by atoms with Crippen molar-refractivity contribution in [3.63, 3.8) is 0 Å². The van der Waals surface area contributed by atoms with Gasteiger partial charge >= 0.3 is 0 Å². The van der Waals surface area contributed by atoms with E-state index in [2.05, 4.69) is 12.2 Å². The lowest BCUT2D eigenvalue weighted by molar-refractivity contribution is -0.141. The first kappa shape index (κ1) is 23.9. The number of aliphatic hydroxyl groups is 3. The number of hydrogen-bond acceptors (Lipinski definition) is 4. The number of benzene rings is 1. The Morgan fingerprint density at radius 2 is 1.79 bits per heavy atom. The molecule has 1 aromatic rings. The third-order valence-electron chi connectivity index (χ3n) is 8.12. The van der Waals surface area contributed by atoms with Gasteiger partial charge in [-0.3, -0.25) is 4.79 Å². The van der Waals surface area contributed by atoms with Crippen molar-refractivity contribution in [2.75, 3.05) is 0 Å². The van der Waals surface area contributed by atoms with E-state index in [9.17, 15) is 20.1 Å². The molecule has 178 valence electrons. The minimum Gasteiger partial charge on any atom is -0.388 e. The number of nitrogens with one attached hydrogen (secondary N) is 1. The third-order valence-corrected chi connectivity index (χ3v) is 8.12. The SMILES string of the molecule is CC1=C(C)C2C(Cc3ccccc3)NC(=O)C23C(O)/C=C\C(C)(O)CC(C)C/C=C/C3C1O. The summed E-state index contributed by atoms with van der Waals surface area (Å²) in [6.45, 7) is 7.72. The van der Waals surface area contributed by atoms with Crippen molar-refractivity contribution >= 4 is 5.91 Å². The average molecular weight is 452 g/mol. The molecule has 1 amide bonds. The molecule has 1 aromatic carbocycles. The van der Waals surface area contributed by atoms with Crippen molar-refractivity contribution in [2.24, 2.45) is 23.2 Å². The van der Waals surface area contributed by atoms with Crippen LogP contribution in [0.25, 0.3) is 0 Å². The first-order chi connectivity index (χ1) is 15.6. The summed E-state index contributed by atoms with van der Waals surface area (Å²) in [5.41, 5.74) is 0.591. The minimum atomic E-state index is -1.25. The van der Waals surface area contributed by atoms with Crippen LogP contribution >= 0.6 is 0 Å². The molecule has 0 saturated carbocycles. The number of rotatable bonds is 2. The summed E-state index contributed by atoms with van der Waals surface area (Å²) in [6, 6.07) is 9.83. The van der Waals surface area contributed by atoms with Crippen LogP contribution in [0, 0.1) is 23.2 Å². The largest absolute Gasteiger partial charge is 0.388 e. The van der Waals surface area contributed by atoms with Gasteiger partial charge in [0.2, 0.25) is 5.91 Å². The van der Waals surface area contributed by atoms with Crippen LogP contribution in [0.5, 0.6) is 0 Å². The molecule has 0 bridgehead atoms. The lowest BCUT2D eigenvalue weighted by Crippen LogP contribution is -2.57. The average Bonchev–Trinajstić information content (AvgIpc) is 3.04. The first-order valence-electron chi connectivity index (χ1n) is 12.0. The van der Waals surface area contributed by atoms with Gasteiger partial charge in [-0.05, 0) is 57.1 Å². The van der Waals surface area contributed by atoms with E-state index in [1.807, 2.05) is 56.3 Å². The van der Waals surface area contributed by atoms with E-state index in [0.717, 1.165) is 23.1 Å². The molecule has 4 N–H and O–H groups in total. The molecule has 5 nitrogen and oxygen atoms in total. The highest BCUT2D eigenvalue weighted by Gasteiger charge is 2.65. The second-order valence-electron chi connectivity index (χ2n) is 10.7. The highest BCUT2D eigenvalue weighted by atomic mass is 16.3. The monoisotopic (exact) mass is 451 g/mol. The normalized spacial score (nSPS) is 43.2. The van der Waals surface area contributed by atoms with Gasteiger partial charge in [0.15, 0.2) is 0 Å². The van der Waals surface area contributed by atoms with E-state index in [1.54, 1.807) is 19.1 Å². The summed E-state index contributed by atoms with van der Waals surface area (Å²) < 4.78 is 0. The quantitative estimate of drug-likeness (QED) is 0.520. The standard InChI is InChI=1S/C28H37NO4/c1-17-9-8-12-21-25(31)19(3)18(2)24-22(15-20-10-6-5-7-11-20)29-26(32)28(21,24)23(30)13-14-27(4,33)16-17/h5-8,10-14,17,21-25,30-31,33H,9,15-16H2,1-4H3,(H,29,32)/b12-8+,14-13-. The molecule has 4 rings (SSSR count). The molecule has 1 heterocycles. The van der Waals surface area contributed by atoms with Gasteiger partial charge in [-0.2, -0.15) is 0 Å². The number of amides is 1. The zero-order valence-electron chi connectivity index (χ0n) is 20.0. The molecular weight excluding hydrogens is 414 g/mol. The molecule has 5 heteroatoms. The maximum atomic E-state index is 13.8. The van der Waals surface area contributed by atoms with Crippen LogP contribution in [0.4, 0.5) is 0 Å². The lowest BCUT2D eigenvalue weighted by Gasteiger charge is -2.49. The summed E-state index contributed by atoms with van der Waals surface area (Å²) >= 11 is 0. The van der Waals surface area contributed by atoms with Crippen molar-refractivity contribution in [1.29, 1.82) is 0 Å². The number of aliphatic hydroxyl groups excluding tert-OH is 2. The van der Waals surface area contributed by atoms with E-state index in [1.165, 1.54) is 0 Å². The molecule has 1 fully saturated rings. The Labute approximate surface area is 196 Å². The maximum Gasteiger partial charge on any atom is 0.230 e. The van der Waals surface area contributed by atoms with Crippen LogP contribution in [0.15, 0.2) is 65.8 Å². The van der Waals surface area contributed by atoms with Crippen LogP contribution in [-0.2, 0) is 11.2 Å². The van der Waals surface area contributed by atoms with Crippen LogP contribution in [0.3, 0.4) is 0 Å². The fourth-order valence-electron chi connectivity index (χ4n) is 6.47. The Hall–Kier alpha value is -2.21. The van der Waals surface area contributed by atoms with E-state index >= 15 is 0 Å². The molecule has 0 radical (unpaired) electrons. The number of hydrogen-bond donors (Lipinski definition) is 4. The number of carbonyl (C=O) groups is 1. The van der Waals surface area contributed by atoms with Crippen molar-refractivity contribution in [2.45, 2.75) is 70.8 Å². The van der Waals surface area contributed by atoms with E-state index < -0.39 is 29.1 Å². The van der Waals surface area contributed by atoms with E-state index in [-0.39, 0.29) is 23.8 Å². The number of allylic oxidation sites excluding steroid dienone is 1. The first-order valence-corrected chi connectivity index (χ1v) is 12.0. The zero-order valence-corrected chi connectivity index (χ0v) is 20.0. The fraction of sp³-hybridized carbons (Fsp3) is 0.536. The van der Waals surface area contributed by atoms with Crippen LogP contribution < -0.4 is 5.32 Å². The summed E-state index contributed by atoms with van der Waals surface area (Å²) in [6.07, 6.45) is 7.05. The molecule has 0 aromatic heterocycles. The summed E-state index contributed by atoms with van der Waals surface area (Å²) in [4.78, 5) is 13.8. The minimum absolute atomic E-state index is 0.203. The fourth-order valence-corrected chi connectivity index (χ4v) is 6.47. The van der Waals surface area contributed by atoms with Crippen LogP contribution in [0.1, 0.15) is 46.1 Å². The predicted molar refractivity (Wildman–Crippen MR) is 129 cm³/mol. The van der Waals surface area contributed by atoms with Gasteiger partial charge in [0.05, 0.1) is 23.2 Å². The Bertz CT molecular complexity index is 979. The Morgan fingerprint density at radius 1 is 1.09 bits per heavy atom. The molecule has 8 atom stereocenters. The van der Waals surface area contributed by atoms with Crippen molar-refractivity contribution in [1.82, 2.24) is 5.32 Å². The summed E-state index contributed by atoms with van der Waals surface area (Å²) in [7, 11) is 0. The van der Waals surface area contributed by atoms with Crippen molar-refractivity contribution in [3.8, 4) is 0 Å².